The fourth-order valence-corrected chi connectivity index (χ4v) is 2.55. The quantitative estimate of drug-likeness (QED) is 0.867. The van der Waals surface area contributed by atoms with Crippen molar-refractivity contribution >= 4 is 21.5 Å². The van der Waals surface area contributed by atoms with Crippen molar-refractivity contribution in [2.24, 2.45) is 0 Å². The van der Waals surface area contributed by atoms with Crippen molar-refractivity contribution in [3.63, 3.8) is 0 Å². The molecule has 0 bridgehead atoms. The molecule has 0 aliphatic carbocycles. The van der Waals surface area contributed by atoms with Crippen molar-refractivity contribution in [2.75, 3.05) is 4.72 Å². The van der Waals surface area contributed by atoms with Crippen molar-refractivity contribution < 1.29 is 13.2 Å². The van der Waals surface area contributed by atoms with Gasteiger partial charge in [0.25, 0.3) is 10.0 Å². The Kier molecular flexibility index (Phi) is 3.62. The molecule has 0 radical (unpaired) electrons. The van der Waals surface area contributed by atoms with Crippen LogP contribution in [0, 0.1) is 0 Å². The Morgan fingerprint density at radius 2 is 1.84 bits per heavy atom. The van der Waals surface area contributed by atoms with Crippen LogP contribution in [0.4, 0.5) is 5.69 Å². The molecule has 98 valence electrons. The van der Waals surface area contributed by atoms with Gasteiger partial charge in [-0.05, 0) is 31.2 Å². The molecule has 0 fully saturated rings. The van der Waals surface area contributed by atoms with Gasteiger partial charge in [-0.15, -0.1) is 0 Å². The zero-order valence-electron chi connectivity index (χ0n) is 10.2. The van der Waals surface area contributed by atoms with Crippen LogP contribution in [0.15, 0.2) is 53.7 Å². The predicted octanol–water partition coefficient (Wildman–Crippen LogP) is 2.08. The molecule has 19 heavy (non-hydrogen) atoms. The van der Waals surface area contributed by atoms with Crippen LogP contribution in [-0.2, 0) is 10.0 Å². The monoisotopic (exact) mass is 276 g/mol. The molecule has 0 aliphatic heterocycles. The lowest BCUT2D eigenvalue weighted by Crippen LogP contribution is -2.13. The molecule has 2 aromatic rings. The lowest BCUT2D eigenvalue weighted by Gasteiger charge is -2.07. The highest BCUT2D eigenvalue weighted by Gasteiger charge is 2.14. The lowest BCUT2D eigenvalue weighted by molar-refractivity contribution is 0.101. The topological polar surface area (TPSA) is 76.1 Å². The molecular weight excluding hydrogens is 264 g/mol. The SMILES string of the molecule is CC(=O)c1ccc(S(=O)(=O)Nc2cccnc2)cc1. The molecule has 1 heterocycles. The molecule has 1 aromatic heterocycles. The minimum atomic E-state index is -3.66. The number of hydrogen-bond donors (Lipinski definition) is 1. The predicted molar refractivity (Wildman–Crippen MR) is 71.5 cm³/mol. The van der Waals surface area contributed by atoms with Crippen molar-refractivity contribution in [2.45, 2.75) is 11.8 Å². The van der Waals surface area contributed by atoms with Crippen molar-refractivity contribution in [1.29, 1.82) is 0 Å². The smallest absolute Gasteiger partial charge is 0.261 e. The van der Waals surface area contributed by atoms with Crippen LogP contribution in [0.25, 0.3) is 0 Å². The molecule has 0 saturated heterocycles. The minimum Gasteiger partial charge on any atom is -0.295 e. The molecule has 0 amide bonds. The van der Waals surface area contributed by atoms with Crippen molar-refractivity contribution in [3.8, 4) is 0 Å². The van der Waals surface area contributed by atoms with Gasteiger partial charge in [-0.3, -0.25) is 14.5 Å². The van der Waals surface area contributed by atoms with E-state index < -0.39 is 10.0 Å². The molecule has 5 nitrogen and oxygen atoms in total. The van der Waals surface area contributed by atoms with Crippen LogP contribution in [0.5, 0.6) is 0 Å². The molecule has 6 heteroatoms. The van der Waals surface area contributed by atoms with E-state index in [9.17, 15) is 13.2 Å². The van der Waals surface area contributed by atoms with Crippen LogP contribution in [-0.4, -0.2) is 19.2 Å². The lowest BCUT2D eigenvalue weighted by atomic mass is 10.2. The van der Waals surface area contributed by atoms with E-state index >= 15 is 0 Å². The molecule has 0 atom stereocenters. The van der Waals surface area contributed by atoms with Gasteiger partial charge in [0.1, 0.15) is 0 Å². The zero-order valence-corrected chi connectivity index (χ0v) is 11.0. The van der Waals surface area contributed by atoms with Crippen LogP contribution in [0.3, 0.4) is 0 Å². The third-order valence-corrected chi connectivity index (χ3v) is 3.88. The molecule has 1 aromatic carbocycles. The van der Waals surface area contributed by atoms with E-state index in [4.69, 9.17) is 0 Å². The number of hydrogen-bond acceptors (Lipinski definition) is 4. The maximum absolute atomic E-state index is 12.1. The third-order valence-electron chi connectivity index (χ3n) is 2.48. The Labute approximate surface area is 111 Å². The highest BCUT2D eigenvalue weighted by molar-refractivity contribution is 7.92. The van der Waals surface area contributed by atoms with Gasteiger partial charge in [0, 0.05) is 11.8 Å². The zero-order chi connectivity index (χ0) is 13.9. The first-order chi connectivity index (χ1) is 8.99. The first-order valence-electron chi connectivity index (χ1n) is 5.53. The van der Waals surface area contributed by atoms with Gasteiger partial charge in [0.05, 0.1) is 16.8 Å². The van der Waals surface area contributed by atoms with Gasteiger partial charge in [0.15, 0.2) is 5.78 Å². The fourth-order valence-electron chi connectivity index (χ4n) is 1.51. The summed E-state index contributed by atoms with van der Waals surface area (Å²) in [4.78, 5) is 15.1. The standard InChI is InChI=1S/C13H12N2O3S/c1-10(16)11-4-6-13(7-5-11)19(17,18)15-12-3-2-8-14-9-12/h2-9,15H,1H3. The first kappa shape index (κ1) is 13.2. The van der Waals surface area contributed by atoms with Crippen molar-refractivity contribution in [1.82, 2.24) is 4.98 Å². The molecule has 0 aliphatic rings. The number of pyridine rings is 1. The number of anilines is 1. The van der Waals surface area contributed by atoms with E-state index in [0.29, 0.717) is 11.3 Å². The summed E-state index contributed by atoms with van der Waals surface area (Å²) in [6.45, 7) is 1.43. The van der Waals surface area contributed by atoms with E-state index in [0.717, 1.165) is 0 Å². The van der Waals surface area contributed by atoms with Gasteiger partial charge >= 0.3 is 0 Å². The molecule has 0 saturated carbocycles. The van der Waals surface area contributed by atoms with Gasteiger partial charge in [-0.25, -0.2) is 8.42 Å². The maximum atomic E-state index is 12.1. The number of benzene rings is 1. The summed E-state index contributed by atoms with van der Waals surface area (Å²) < 4.78 is 26.5. The highest BCUT2D eigenvalue weighted by atomic mass is 32.2. The van der Waals surface area contributed by atoms with Gasteiger partial charge in [0.2, 0.25) is 0 Å². The second kappa shape index (κ2) is 5.19. The minimum absolute atomic E-state index is 0.0985. The number of carbonyl (C=O) groups excluding carboxylic acids is 1. The molecular formula is C13H12N2O3S. The second-order valence-corrected chi connectivity index (χ2v) is 5.61. The third kappa shape index (κ3) is 3.17. The van der Waals surface area contributed by atoms with Crippen LogP contribution >= 0.6 is 0 Å². The number of ketones is 1. The molecule has 0 spiro atoms. The highest BCUT2D eigenvalue weighted by Crippen LogP contribution is 2.15. The largest absolute Gasteiger partial charge is 0.295 e. The Balaban J connectivity index is 2.27. The summed E-state index contributed by atoms with van der Waals surface area (Å²) in [7, 11) is -3.66. The number of rotatable bonds is 4. The summed E-state index contributed by atoms with van der Waals surface area (Å²) in [6, 6.07) is 9.01. The Morgan fingerprint density at radius 3 is 2.37 bits per heavy atom. The van der Waals surface area contributed by atoms with E-state index in [1.807, 2.05) is 0 Å². The number of carbonyl (C=O) groups is 1. The summed E-state index contributed by atoms with van der Waals surface area (Å²) in [5, 5.41) is 0. The molecule has 2 rings (SSSR count). The van der Waals surface area contributed by atoms with Crippen LogP contribution in [0.2, 0.25) is 0 Å². The average molecular weight is 276 g/mol. The summed E-state index contributed by atoms with van der Waals surface area (Å²) in [5.41, 5.74) is 0.860. The summed E-state index contributed by atoms with van der Waals surface area (Å²) in [6.07, 6.45) is 2.97. The molecule has 0 unspecified atom stereocenters. The van der Waals surface area contributed by atoms with Crippen molar-refractivity contribution in [3.05, 3.63) is 54.4 Å². The van der Waals surface area contributed by atoms with Gasteiger partial charge < -0.3 is 0 Å². The second-order valence-electron chi connectivity index (χ2n) is 3.93. The molecule has 1 N–H and O–H groups in total. The maximum Gasteiger partial charge on any atom is 0.261 e. The van der Waals surface area contributed by atoms with Gasteiger partial charge in [-0.1, -0.05) is 12.1 Å². The number of Topliss-reactive ketones (excluding diaryl/α,β-unsaturated/α-hetero) is 1. The summed E-state index contributed by atoms with van der Waals surface area (Å²) in [5.74, 6) is -0.107. The number of aromatic nitrogens is 1. The number of sulfonamides is 1. The number of nitrogens with zero attached hydrogens (tertiary/aromatic N) is 1. The van der Waals surface area contributed by atoms with E-state index in [2.05, 4.69) is 9.71 Å². The fraction of sp³-hybridized carbons (Fsp3) is 0.0769. The van der Waals surface area contributed by atoms with E-state index in [-0.39, 0.29) is 10.7 Å². The summed E-state index contributed by atoms with van der Waals surface area (Å²) >= 11 is 0. The van der Waals surface area contributed by atoms with Crippen LogP contribution < -0.4 is 4.72 Å². The van der Waals surface area contributed by atoms with E-state index in [1.54, 1.807) is 18.3 Å². The average Bonchev–Trinajstić information content (AvgIpc) is 2.39. The van der Waals surface area contributed by atoms with Crippen LogP contribution in [0.1, 0.15) is 17.3 Å². The van der Waals surface area contributed by atoms with E-state index in [1.165, 1.54) is 37.4 Å². The first-order valence-corrected chi connectivity index (χ1v) is 7.01. The Bertz CT molecular complexity index is 680. The van der Waals surface area contributed by atoms with Gasteiger partial charge in [-0.2, -0.15) is 0 Å². The Morgan fingerprint density at radius 1 is 1.16 bits per heavy atom. The number of nitrogens with one attached hydrogen (secondary N) is 1. The Hall–Kier alpha value is -2.21. The normalized spacial score (nSPS) is 11.0.